The zero-order chi connectivity index (χ0) is 17.6. The fraction of sp³-hybridized carbons (Fsp3) is 0.0833. The number of anilines is 1. The lowest BCUT2D eigenvalue weighted by Gasteiger charge is -2.12. The van der Waals surface area contributed by atoms with Gasteiger partial charge in [0.05, 0.1) is 15.5 Å². The second-order valence-corrected chi connectivity index (χ2v) is 7.49. The first-order valence-electron chi connectivity index (χ1n) is 5.93. The summed E-state index contributed by atoms with van der Waals surface area (Å²) in [5.74, 6) is -1.20. The van der Waals surface area contributed by atoms with Gasteiger partial charge in [-0.05, 0) is 23.6 Å². The summed E-state index contributed by atoms with van der Waals surface area (Å²) in [5.41, 5.74) is -0.151. The number of phenolic OH excluding ortho intramolecular Hbond substituents is 1. The van der Waals surface area contributed by atoms with Gasteiger partial charge in [-0.15, -0.1) is 0 Å². The molecule has 0 saturated heterocycles. The molecule has 23 heavy (non-hydrogen) atoms. The summed E-state index contributed by atoms with van der Waals surface area (Å²) in [6.45, 7) is 1.13. The molecule has 11 heteroatoms. The molecule has 0 spiro atoms. The Balaban J connectivity index is 2.95. The van der Waals surface area contributed by atoms with Gasteiger partial charge in [-0.2, -0.15) is 16.8 Å². The summed E-state index contributed by atoms with van der Waals surface area (Å²) in [7, 11) is -9.32. The van der Waals surface area contributed by atoms with Crippen LogP contribution in [0.3, 0.4) is 0 Å². The third-order valence-corrected chi connectivity index (χ3v) is 4.54. The van der Waals surface area contributed by atoms with Gasteiger partial charge in [-0.1, -0.05) is 0 Å². The maximum Gasteiger partial charge on any atom is 0.294 e. The number of carbonyl (C=O) groups is 1. The van der Waals surface area contributed by atoms with E-state index in [0.29, 0.717) is 0 Å². The minimum atomic E-state index is -4.66. The Hall–Kier alpha value is -2.21. The number of rotatable bonds is 3. The Morgan fingerprint density at radius 3 is 1.87 bits per heavy atom. The number of amides is 1. The quantitative estimate of drug-likeness (QED) is 0.589. The predicted octanol–water partition coefficient (Wildman–Crippen LogP) is 0.997. The molecular formula is C12H11NO8S2. The van der Waals surface area contributed by atoms with Gasteiger partial charge < -0.3 is 10.4 Å². The summed E-state index contributed by atoms with van der Waals surface area (Å²) in [5, 5.41) is 12.1. The lowest BCUT2D eigenvalue weighted by molar-refractivity contribution is -0.114. The number of fused-ring (bicyclic) bond motifs is 1. The van der Waals surface area contributed by atoms with E-state index in [9.17, 15) is 26.7 Å². The van der Waals surface area contributed by atoms with Crippen molar-refractivity contribution in [2.45, 2.75) is 16.7 Å². The Bertz CT molecular complexity index is 1020. The number of phenols is 1. The molecule has 0 unspecified atom stereocenters. The molecular weight excluding hydrogens is 350 g/mol. The van der Waals surface area contributed by atoms with E-state index in [1.165, 1.54) is 0 Å². The molecule has 2 aromatic carbocycles. The monoisotopic (exact) mass is 361 g/mol. The van der Waals surface area contributed by atoms with Gasteiger partial charge in [0.2, 0.25) is 5.91 Å². The highest BCUT2D eigenvalue weighted by atomic mass is 32.2. The number of carbonyl (C=O) groups excluding carboxylic acids is 1. The SMILES string of the molecule is CC(=O)Nc1cc(S(=O)(=O)O)cc2cc(S(=O)(=O)O)cc(O)c12. The first-order valence-corrected chi connectivity index (χ1v) is 8.81. The van der Waals surface area contributed by atoms with E-state index in [0.717, 1.165) is 31.2 Å². The van der Waals surface area contributed by atoms with Gasteiger partial charge in [0, 0.05) is 18.4 Å². The molecule has 0 fully saturated rings. The van der Waals surface area contributed by atoms with Crippen LogP contribution in [0.4, 0.5) is 5.69 Å². The highest BCUT2D eigenvalue weighted by Crippen LogP contribution is 2.36. The van der Waals surface area contributed by atoms with Crippen LogP contribution in [0.2, 0.25) is 0 Å². The normalized spacial score (nSPS) is 12.3. The van der Waals surface area contributed by atoms with E-state index in [-0.39, 0.29) is 16.5 Å². The topological polar surface area (TPSA) is 158 Å². The standard InChI is InChI=1S/C12H11NO8S2/c1-6(14)13-10-4-8(22(16,17)18)2-7-3-9(23(19,20)21)5-11(15)12(7)10/h2-5,15H,1H3,(H,13,14)(H,16,17,18)(H,19,20,21). The molecule has 2 aromatic rings. The number of nitrogens with one attached hydrogen (secondary N) is 1. The zero-order valence-electron chi connectivity index (χ0n) is 11.5. The molecule has 0 bridgehead atoms. The maximum absolute atomic E-state index is 11.3. The highest BCUT2D eigenvalue weighted by Gasteiger charge is 2.19. The van der Waals surface area contributed by atoms with E-state index in [1.54, 1.807) is 0 Å². The maximum atomic E-state index is 11.3. The Kier molecular flexibility index (Phi) is 4.07. The molecule has 9 nitrogen and oxygen atoms in total. The van der Waals surface area contributed by atoms with Crippen molar-refractivity contribution >= 4 is 42.6 Å². The van der Waals surface area contributed by atoms with Crippen LogP contribution in [0.25, 0.3) is 10.8 Å². The van der Waals surface area contributed by atoms with Gasteiger partial charge in [0.25, 0.3) is 20.2 Å². The smallest absolute Gasteiger partial charge is 0.294 e. The predicted molar refractivity (Wildman–Crippen MR) is 79.5 cm³/mol. The third kappa shape index (κ3) is 3.59. The van der Waals surface area contributed by atoms with Crippen LogP contribution in [-0.4, -0.2) is 37.0 Å². The first-order chi connectivity index (χ1) is 10.4. The average Bonchev–Trinajstić information content (AvgIpc) is 2.34. The Labute approximate surface area is 131 Å². The van der Waals surface area contributed by atoms with Crippen molar-refractivity contribution in [2.24, 2.45) is 0 Å². The minimum Gasteiger partial charge on any atom is -0.507 e. The summed E-state index contributed by atoms with van der Waals surface area (Å²) in [6.07, 6.45) is 0. The summed E-state index contributed by atoms with van der Waals surface area (Å²) < 4.78 is 63.1. The zero-order valence-corrected chi connectivity index (χ0v) is 13.1. The largest absolute Gasteiger partial charge is 0.507 e. The summed E-state index contributed by atoms with van der Waals surface area (Å²) in [6, 6.07) is 3.44. The van der Waals surface area contributed by atoms with Gasteiger partial charge in [0.1, 0.15) is 5.75 Å². The van der Waals surface area contributed by atoms with Crippen LogP contribution in [-0.2, 0) is 25.0 Å². The van der Waals surface area contributed by atoms with Crippen LogP contribution < -0.4 is 5.32 Å². The molecule has 4 N–H and O–H groups in total. The lowest BCUT2D eigenvalue weighted by atomic mass is 10.1. The fourth-order valence-electron chi connectivity index (χ4n) is 2.02. The Morgan fingerprint density at radius 1 is 0.957 bits per heavy atom. The van der Waals surface area contributed by atoms with Gasteiger partial charge in [0.15, 0.2) is 0 Å². The van der Waals surface area contributed by atoms with E-state index >= 15 is 0 Å². The highest BCUT2D eigenvalue weighted by molar-refractivity contribution is 7.86. The molecule has 0 aromatic heterocycles. The van der Waals surface area contributed by atoms with E-state index in [4.69, 9.17) is 9.11 Å². The molecule has 0 saturated carbocycles. The summed E-state index contributed by atoms with van der Waals surface area (Å²) >= 11 is 0. The number of benzene rings is 2. The fourth-order valence-corrected chi connectivity index (χ4v) is 3.10. The van der Waals surface area contributed by atoms with E-state index in [2.05, 4.69) is 5.32 Å². The van der Waals surface area contributed by atoms with Crippen LogP contribution in [0, 0.1) is 0 Å². The molecule has 0 radical (unpaired) electrons. The van der Waals surface area contributed by atoms with E-state index < -0.39 is 41.7 Å². The summed E-state index contributed by atoms with van der Waals surface area (Å²) in [4.78, 5) is 9.91. The molecule has 0 aliphatic rings. The van der Waals surface area contributed by atoms with Gasteiger partial charge >= 0.3 is 0 Å². The average molecular weight is 361 g/mol. The Morgan fingerprint density at radius 2 is 1.43 bits per heavy atom. The minimum absolute atomic E-state index is 0.0556. The molecule has 1 amide bonds. The second kappa shape index (κ2) is 5.45. The number of aromatic hydroxyl groups is 1. The van der Waals surface area contributed by atoms with Crippen LogP contribution in [0.15, 0.2) is 34.1 Å². The first kappa shape index (κ1) is 17.1. The van der Waals surface area contributed by atoms with Gasteiger partial charge in [-0.3, -0.25) is 13.9 Å². The molecule has 0 aliphatic carbocycles. The van der Waals surface area contributed by atoms with Crippen molar-refractivity contribution in [3.63, 3.8) is 0 Å². The van der Waals surface area contributed by atoms with Crippen molar-refractivity contribution in [3.05, 3.63) is 24.3 Å². The molecule has 0 heterocycles. The van der Waals surface area contributed by atoms with Crippen LogP contribution in [0.1, 0.15) is 6.92 Å². The van der Waals surface area contributed by atoms with Crippen LogP contribution in [0.5, 0.6) is 5.75 Å². The molecule has 0 aliphatic heterocycles. The van der Waals surface area contributed by atoms with Crippen molar-refractivity contribution in [2.75, 3.05) is 5.32 Å². The second-order valence-electron chi connectivity index (χ2n) is 4.64. The lowest BCUT2D eigenvalue weighted by Crippen LogP contribution is -2.08. The van der Waals surface area contributed by atoms with Crippen molar-refractivity contribution in [1.82, 2.24) is 0 Å². The van der Waals surface area contributed by atoms with Crippen molar-refractivity contribution in [3.8, 4) is 5.75 Å². The molecule has 2 rings (SSSR count). The van der Waals surface area contributed by atoms with E-state index in [1.807, 2.05) is 0 Å². The molecule has 124 valence electrons. The number of hydrogen-bond donors (Lipinski definition) is 4. The molecule has 0 atom stereocenters. The van der Waals surface area contributed by atoms with Crippen LogP contribution >= 0.6 is 0 Å². The van der Waals surface area contributed by atoms with Crippen molar-refractivity contribution < 1.29 is 35.8 Å². The van der Waals surface area contributed by atoms with Crippen molar-refractivity contribution in [1.29, 1.82) is 0 Å². The third-order valence-electron chi connectivity index (χ3n) is 2.88. The van der Waals surface area contributed by atoms with Gasteiger partial charge in [-0.25, -0.2) is 0 Å². The number of hydrogen-bond acceptors (Lipinski definition) is 6.